The zero-order chi connectivity index (χ0) is 14.5. The molecule has 106 valence electrons. The van der Waals surface area contributed by atoms with Gasteiger partial charge in [0.15, 0.2) is 0 Å². The first-order valence-corrected chi connectivity index (χ1v) is 6.50. The fourth-order valence-electron chi connectivity index (χ4n) is 2.18. The van der Waals surface area contributed by atoms with E-state index in [4.69, 9.17) is 5.11 Å². The van der Waals surface area contributed by atoms with Crippen LogP contribution in [0, 0.1) is 0 Å². The second-order valence-corrected chi connectivity index (χ2v) is 4.66. The van der Waals surface area contributed by atoms with Crippen LogP contribution in [0.2, 0.25) is 0 Å². The molecule has 6 nitrogen and oxygen atoms in total. The van der Waals surface area contributed by atoms with Crippen LogP contribution in [0.3, 0.4) is 0 Å². The van der Waals surface area contributed by atoms with Crippen LogP contribution in [-0.4, -0.2) is 35.5 Å². The fraction of sp³-hybridized carbons (Fsp3) is 0.357. The van der Waals surface area contributed by atoms with Crippen molar-refractivity contribution in [3.63, 3.8) is 0 Å². The molecule has 1 aliphatic heterocycles. The predicted octanol–water partition coefficient (Wildman–Crippen LogP) is 0.783. The maximum Gasteiger partial charge on any atom is 0.336 e. The molecular formula is C14H16N2O4. The van der Waals surface area contributed by atoms with E-state index in [-0.39, 0.29) is 17.0 Å². The first-order chi connectivity index (χ1) is 9.59. The molecule has 1 aromatic rings. The maximum absolute atomic E-state index is 12.1. The topological polar surface area (TPSA) is 95.5 Å². The second-order valence-electron chi connectivity index (χ2n) is 4.66. The Morgan fingerprint density at radius 2 is 1.90 bits per heavy atom. The number of carboxylic acids is 1. The van der Waals surface area contributed by atoms with Gasteiger partial charge in [0, 0.05) is 6.54 Å². The summed E-state index contributed by atoms with van der Waals surface area (Å²) in [5.74, 6) is -1.92. The number of hydrogen-bond acceptors (Lipinski definition) is 3. The summed E-state index contributed by atoms with van der Waals surface area (Å²) in [6.07, 6.45) is 2.28. The Bertz CT molecular complexity index is 542. The predicted molar refractivity (Wildman–Crippen MR) is 71.5 cm³/mol. The molecule has 2 rings (SSSR count). The quantitative estimate of drug-likeness (QED) is 0.760. The van der Waals surface area contributed by atoms with Gasteiger partial charge in [-0.15, -0.1) is 0 Å². The number of nitrogens with one attached hydrogen (secondary N) is 2. The van der Waals surface area contributed by atoms with Gasteiger partial charge in [-0.2, -0.15) is 0 Å². The lowest BCUT2D eigenvalue weighted by Gasteiger charge is -2.15. The summed E-state index contributed by atoms with van der Waals surface area (Å²) in [7, 11) is 0. The average Bonchev–Trinajstić information content (AvgIpc) is 2.64. The maximum atomic E-state index is 12.1. The van der Waals surface area contributed by atoms with Crippen LogP contribution in [0.25, 0.3) is 0 Å². The van der Waals surface area contributed by atoms with Gasteiger partial charge in [-0.1, -0.05) is 12.1 Å². The lowest BCUT2D eigenvalue weighted by Crippen LogP contribution is -2.45. The summed E-state index contributed by atoms with van der Waals surface area (Å²) in [5.41, 5.74) is -0.00363. The van der Waals surface area contributed by atoms with E-state index >= 15 is 0 Å². The molecule has 1 heterocycles. The van der Waals surface area contributed by atoms with E-state index in [0.29, 0.717) is 13.0 Å². The summed E-state index contributed by atoms with van der Waals surface area (Å²) in [4.78, 5) is 35.0. The third-order valence-corrected chi connectivity index (χ3v) is 3.24. The van der Waals surface area contributed by atoms with Crippen LogP contribution in [0.5, 0.6) is 0 Å². The van der Waals surface area contributed by atoms with Gasteiger partial charge in [0.2, 0.25) is 5.91 Å². The lowest BCUT2D eigenvalue weighted by molar-refractivity contribution is -0.122. The lowest BCUT2D eigenvalue weighted by atomic mass is 10.1. The van der Waals surface area contributed by atoms with Crippen LogP contribution < -0.4 is 10.6 Å². The van der Waals surface area contributed by atoms with E-state index in [2.05, 4.69) is 10.6 Å². The molecule has 3 N–H and O–H groups in total. The normalized spacial score (nSPS) is 18.8. The van der Waals surface area contributed by atoms with Gasteiger partial charge in [0.25, 0.3) is 5.91 Å². The van der Waals surface area contributed by atoms with E-state index in [1.54, 1.807) is 12.1 Å². The number of benzene rings is 1. The molecule has 0 radical (unpaired) electrons. The first-order valence-electron chi connectivity index (χ1n) is 6.50. The molecule has 20 heavy (non-hydrogen) atoms. The molecule has 6 heteroatoms. The monoisotopic (exact) mass is 276 g/mol. The minimum absolute atomic E-state index is 0.0667. The van der Waals surface area contributed by atoms with Gasteiger partial charge in [0.1, 0.15) is 6.04 Å². The molecular weight excluding hydrogens is 260 g/mol. The molecule has 2 amide bonds. The third kappa shape index (κ3) is 3.14. The Balaban J connectivity index is 2.15. The van der Waals surface area contributed by atoms with E-state index in [9.17, 15) is 14.4 Å². The van der Waals surface area contributed by atoms with E-state index < -0.39 is 17.9 Å². The third-order valence-electron chi connectivity index (χ3n) is 3.24. The fourth-order valence-corrected chi connectivity index (χ4v) is 2.18. The second kappa shape index (κ2) is 6.18. The van der Waals surface area contributed by atoms with Crippen LogP contribution in [-0.2, 0) is 4.79 Å². The van der Waals surface area contributed by atoms with Crippen LogP contribution >= 0.6 is 0 Å². The van der Waals surface area contributed by atoms with Gasteiger partial charge >= 0.3 is 5.97 Å². The Labute approximate surface area is 116 Å². The highest BCUT2D eigenvalue weighted by atomic mass is 16.4. The molecule has 1 aromatic carbocycles. The van der Waals surface area contributed by atoms with Crippen molar-refractivity contribution in [3.8, 4) is 0 Å². The number of rotatable bonds is 3. The van der Waals surface area contributed by atoms with E-state index in [1.165, 1.54) is 12.1 Å². The minimum Gasteiger partial charge on any atom is -0.478 e. The molecule has 0 spiro atoms. The first kappa shape index (κ1) is 14.0. The number of carbonyl (C=O) groups is 3. The van der Waals surface area contributed by atoms with Crippen molar-refractivity contribution in [3.05, 3.63) is 35.4 Å². The number of hydrogen-bond donors (Lipinski definition) is 3. The Morgan fingerprint density at radius 3 is 2.60 bits per heavy atom. The Morgan fingerprint density at radius 1 is 1.20 bits per heavy atom. The molecule has 1 aliphatic rings. The highest BCUT2D eigenvalue weighted by molar-refractivity contribution is 6.05. The summed E-state index contributed by atoms with van der Waals surface area (Å²) >= 11 is 0. The standard InChI is InChI=1S/C14H16N2O4/c17-12(9-5-1-2-6-10(9)14(19)20)16-11-7-3-4-8-15-13(11)18/h1-2,5-6,11H,3-4,7-8H2,(H,15,18)(H,16,17)(H,19,20)/t11-/m0/s1. The molecule has 1 saturated heterocycles. The molecule has 1 atom stereocenters. The van der Waals surface area contributed by atoms with Crippen molar-refractivity contribution in [1.82, 2.24) is 10.6 Å². The largest absolute Gasteiger partial charge is 0.478 e. The van der Waals surface area contributed by atoms with Crippen molar-refractivity contribution < 1.29 is 19.5 Å². The summed E-state index contributed by atoms with van der Waals surface area (Å²) in [6, 6.07) is 5.34. The van der Waals surface area contributed by atoms with Crippen LogP contribution in [0.1, 0.15) is 40.0 Å². The molecule has 0 aliphatic carbocycles. The number of carboxylic acid groups (broad SMARTS) is 1. The number of carbonyl (C=O) groups excluding carboxylic acids is 2. The minimum atomic E-state index is -1.17. The summed E-state index contributed by atoms with van der Waals surface area (Å²) in [5, 5.41) is 14.4. The van der Waals surface area contributed by atoms with Gasteiger partial charge in [0.05, 0.1) is 11.1 Å². The van der Waals surface area contributed by atoms with Gasteiger partial charge in [-0.05, 0) is 31.4 Å². The van der Waals surface area contributed by atoms with Crippen molar-refractivity contribution in [2.75, 3.05) is 6.54 Å². The van der Waals surface area contributed by atoms with Gasteiger partial charge in [-0.25, -0.2) is 4.79 Å². The number of amides is 2. The highest BCUT2D eigenvalue weighted by Gasteiger charge is 2.24. The van der Waals surface area contributed by atoms with E-state index in [1.807, 2.05) is 0 Å². The van der Waals surface area contributed by atoms with Crippen LogP contribution in [0.4, 0.5) is 0 Å². The Hall–Kier alpha value is -2.37. The smallest absolute Gasteiger partial charge is 0.336 e. The molecule has 1 fully saturated rings. The van der Waals surface area contributed by atoms with Crippen molar-refractivity contribution in [2.45, 2.75) is 25.3 Å². The van der Waals surface area contributed by atoms with E-state index in [0.717, 1.165) is 12.8 Å². The van der Waals surface area contributed by atoms with Crippen LogP contribution in [0.15, 0.2) is 24.3 Å². The number of aromatic carboxylic acids is 1. The average molecular weight is 276 g/mol. The summed E-state index contributed by atoms with van der Waals surface area (Å²) < 4.78 is 0. The van der Waals surface area contributed by atoms with Gasteiger partial charge < -0.3 is 15.7 Å². The SMILES string of the molecule is O=C(O)c1ccccc1C(=O)N[C@H]1CCCCNC1=O. The van der Waals surface area contributed by atoms with Gasteiger partial charge in [-0.3, -0.25) is 9.59 Å². The molecule has 0 unspecified atom stereocenters. The molecule has 0 saturated carbocycles. The summed E-state index contributed by atoms with van der Waals surface area (Å²) in [6.45, 7) is 0.608. The van der Waals surface area contributed by atoms with Crippen molar-refractivity contribution >= 4 is 17.8 Å². The zero-order valence-corrected chi connectivity index (χ0v) is 10.9. The zero-order valence-electron chi connectivity index (χ0n) is 10.9. The Kier molecular flexibility index (Phi) is 4.34. The molecule has 0 aromatic heterocycles. The highest BCUT2D eigenvalue weighted by Crippen LogP contribution is 2.11. The molecule has 0 bridgehead atoms. The van der Waals surface area contributed by atoms with Crippen molar-refractivity contribution in [1.29, 1.82) is 0 Å². The van der Waals surface area contributed by atoms with Crippen molar-refractivity contribution in [2.24, 2.45) is 0 Å².